The lowest BCUT2D eigenvalue weighted by atomic mass is 10.1. The maximum Gasteiger partial charge on any atom is 0.335 e. The standard InChI is InChI=1S/C24H36Cl3N3O3S/c1-2-3-4-5-6-7-8-9-10-11-12-13-20(31)29-22(24(25,26)27)30-23(34)28-19-16-14-18(15-17-19)21(32)33/h14-17,22H,2-13H2,1H3,(H,29,31)(H,32,33)(H2,28,30,34)/t22-/m0/s1. The van der Waals surface area contributed by atoms with Crippen LogP contribution in [0, 0.1) is 0 Å². The highest BCUT2D eigenvalue weighted by Gasteiger charge is 2.34. The number of carbonyl (C=O) groups excluding carboxylic acids is 1. The van der Waals surface area contributed by atoms with Crippen LogP contribution in [0.1, 0.15) is 94.3 Å². The van der Waals surface area contributed by atoms with Gasteiger partial charge in [0.25, 0.3) is 0 Å². The van der Waals surface area contributed by atoms with Gasteiger partial charge in [-0.3, -0.25) is 4.79 Å². The van der Waals surface area contributed by atoms with E-state index in [0.717, 1.165) is 19.3 Å². The molecule has 192 valence electrons. The van der Waals surface area contributed by atoms with Gasteiger partial charge < -0.3 is 21.1 Å². The van der Waals surface area contributed by atoms with Gasteiger partial charge in [0.2, 0.25) is 9.70 Å². The summed E-state index contributed by atoms with van der Waals surface area (Å²) in [5.41, 5.74) is 0.705. The minimum Gasteiger partial charge on any atom is -0.478 e. The Kier molecular flexibility index (Phi) is 15.6. The number of carboxylic acid groups (broad SMARTS) is 1. The molecule has 1 rings (SSSR count). The summed E-state index contributed by atoms with van der Waals surface area (Å²) >= 11 is 23.3. The Bertz CT molecular complexity index is 758. The number of hydrogen-bond donors (Lipinski definition) is 4. The zero-order chi connectivity index (χ0) is 25.4. The number of amides is 1. The molecule has 0 aliphatic heterocycles. The zero-order valence-electron chi connectivity index (χ0n) is 19.7. The van der Waals surface area contributed by atoms with Crippen molar-refractivity contribution in [1.29, 1.82) is 0 Å². The summed E-state index contributed by atoms with van der Waals surface area (Å²) in [6, 6.07) is 6.00. The first-order valence-electron chi connectivity index (χ1n) is 11.9. The number of aromatic carboxylic acids is 1. The number of carbonyl (C=O) groups is 2. The van der Waals surface area contributed by atoms with Gasteiger partial charge in [0.1, 0.15) is 6.17 Å². The molecule has 0 radical (unpaired) electrons. The van der Waals surface area contributed by atoms with Gasteiger partial charge in [0.15, 0.2) is 5.11 Å². The second kappa shape index (κ2) is 17.2. The van der Waals surface area contributed by atoms with Crippen molar-refractivity contribution in [2.75, 3.05) is 5.32 Å². The van der Waals surface area contributed by atoms with E-state index in [1.165, 1.54) is 63.5 Å². The molecule has 0 saturated carbocycles. The third kappa shape index (κ3) is 14.2. The molecule has 0 unspecified atom stereocenters. The van der Waals surface area contributed by atoms with Crippen LogP contribution >= 0.6 is 47.0 Å². The molecule has 0 heterocycles. The average molecular weight is 553 g/mol. The smallest absolute Gasteiger partial charge is 0.335 e. The van der Waals surface area contributed by atoms with Crippen LogP contribution in [0.25, 0.3) is 0 Å². The normalized spacial score (nSPS) is 12.1. The highest BCUT2D eigenvalue weighted by atomic mass is 35.6. The van der Waals surface area contributed by atoms with Crippen molar-refractivity contribution in [1.82, 2.24) is 10.6 Å². The van der Waals surface area contributed by atoms with E-state index in [1.54, 1.807) is 12.1 Å². The maximum absolute atomic E-state index is 12.4. The molecular weight excluding hydrogens is 517 g/mol. The second-order valence-electron chi connectivity index (χ2n) is 8.31. The molecule has 6 nitrogen and oxygen atoms in total. The predicted octanol–water partition coefficient (Wildman–Crippen LogP) is 7.18. The highest BCUT2D eigenvalue weighted by Crippen LogP contribution is 2.29. The van der Waals surface area contributed by atoms with Crippen molar-refractivity contribution in [3.8, 4) is 0 Å². The molecule has 1 atom stereocenters. The molecule has 34 heavy (non-hydrogen) atoms. The van der Waals surface area contributed by atoms with Crippen molar-refractivity contribution in [2.24, 2.45) is 0 Å². The van der Waals surface area contributed by atoms with Crippen molar-refractivity contribution < 1.29 is 14.7 Å². The number of hydrogen-bond acceptors (Lipinski definition) is 3. The quantitative estimate of drug-likeness (QED) is 0.0751. The van der Waals surface area contributed by atoms with Crippen LogP contribution in [0.5, 0.6) is 0 Å². The van der Waals surface area contributed by atoms with E-state index >= 15 is 0 Å². The SMILES string of the molecule is CCCCCCCCCCCCCC(=O)N[C@@H](NC(=S)Nc1ccc(C(=O)O)cc1)C(Cl)(Cl)Cl. The summed E-state index contributed by atoms with van der Waals surface area (Å²) < 4.78 is -1.83. The molecule has 0 aromatic heterocycles. The predicted molar refractivity (Wildman–Crippen MR) is 146 cm³/mol. The van der Waals surface area contributed by atoms with Crippen LogP contribution in [0.3, 0.4) is 0 Å². The summed E-state index contributed by atoms with van der Waals surface area (Å²) in [5, 5.41) is 17.4. The molecule has 10 heteroatoms. The van der Waals surface area contributed by atoms with Crippen LogP contribution in [-0.4, -0.2) is 32.1 Å². The van der Waals surface area contributed by atoms with E-state index in [9.17, 15) is 9.59 Å². The number of anilines is 1. The van der Waals surface area contributed by atoms with Gasteiger partial charge in [-0.15, -0.1) is 0 Å². The summed E-state index contributed by atoms with van der Waals surface area (Å²) in [5.74, 6) is -1.25. The monoisotopic (exact) mass is 551 g/mol. The molecule has 0 aliphatic rings. The Morgan fingerprint density at radius 1 is 0.882 bits per heavy atom. The van der Waals surface area contributed by atoms with Crippen molar-refractivity contribution >= 4 is 69.7 Å². The van der Waals surface area contributed by atoms with E-state index in [4.69, 9.17) is 52.1 Å². The molecule has 0 spiro atoms. The molecule has 0 bridgehead atoms. The highest BCUT2D eigenvalue weighted by molar-refractivity contribution is 7.80. The van der Waals surface area contributed by atoms with Crippen LogP contribution in [0.2, 0.25) is 0 Å². The molecule has 0 fully saturated rings. The third-order valence-electron chi connectivity index (χ3n) is 5.31. The van der Waals surface area contributed by atoms with E-state index < -0.39 is 15.9 Å². The topological polar surface area (TPSA) is 90.5 Å². The second-order valence-corrected chi connectivity index (χ2v) is 11.1. The minimum atomic E-state index is -1.83. The summed E-state index contributed by atoms with van der Waals surface area (Å²) in [7, 11) is 0. The molecule has 1 amide bonds. The van der Waals surface area contributed by atoms with E-state index in [0.29, 0.717) is 12.1 Å². The lowest BCUT2D eigenvalue weighted by molar-refractivity contribution is -0.122. The first-order chi connectivity index (χ1) is 16.1. The zero-order valence-corrected chi connectivity index (χ0v) is 22.8. The number of rotatable bonds is 16. The van der Waals surface area contributed by atoms with E-state index in [2.05, 4.69) is 22.9 Å². The first kappa shape index (κ1) is 30.8. The van der Waals surface area contributed by atoms with Crippen LogP contribution in [0.4, 0.5) is 5.69 Å². The Balaban J connectivity index is 2.31. The fourth-order valence-electron chi connectivity index (χ4n) is 3.38. The number of benzene rings is 1. The maximum atomic E-state index is 12.4. The Hall–Kier alpha value is -1.28. The molecule has 1 aromatic carbocycles. The van der Waals surface area contributed by atoms with E-state index in [-0.39, 0.29) is 16.6 Å². The Labute approximate surface area is 223 Å². The van der Waals surface area contributed by atoms with Crippen molar-refractivity contribution in [2.45, 2.75) is 93.9 Å². The molecular formula is C24H36Cl3N3O3S. The number of nitrogens with one attached hydrogen (secondary N) is 3. The van der Waals surface area contributed by atoms with Gasteiger partial charge in [-0.2, -0.15) is 0 Å². The summed E-state index contributed by atoms with van der Waals surface area (Å²) in [4.78, 5) is 23.3. The van der Waals surface area contributed by atoms with Crippen molar-refractivity contribution in [3.05, 3.63) is 29.8 Å². The van der Waals surface area contributed by atoms with Gasteiger partial charge in [-0.05, 0) is 42.9 Å². The lowest BCUT2D eigenvalue weighted by Crippen LogP contribution is -2.56. The number of thiocarbonyl (C=S) groups is 1. The number of halogens is 3. The van der Waals surface area contributed by atoms with Gasteiger partial charge in [0.05, 0.1) is 5.56 Å². The fraction of sp³-hybridized carbons (Fsp3) is 0.625. The molecule has 0 aliphatic carbocycles. The average Bonchev–Trinajstić information content (AvgIpc) is 2.76. The van der Waals surface area contributed by atoms with Gasteiger partial charge in [-0.25, -0.2) is 4.79 Å². The van der Waals surface area contributed by atoms with Gasteiger partial charge in [-0.1, -0.05) is 106 Å². The first-order valence-corrected chi connectivity index (χ1v) is 13.4. The third-order valence-corrected chi connectivity index (χ3v) is 6.18. The largest absolute Gasteiger partial charge is 0.478 e. The molecule has 1 aromatic rings. The molecule has 4 N–H and O–H groups in total. The van der Waals surface area contributed by atoms with Gasteiger partial charge in [0, 0.05) is 12.1 Å². The van der Waals surface area contributed by atoms with Crippen LogP contribution in [-0.2, 0) is 4.79 Å². The summed E-state index contributed by atoms with van der Waals surface area (Å²) in [6.07, 6.45) is 12.5. The van der Waals surface area contributed by atoms with Gasteiger partial charge >= 0.3 is 5.97 Å². The molecule has 0 saturated heterocycles. The number of alkyl halides is 3. The van der Waals surface area contributed by atoms with Crippen LogP contribution in [0.15, 0.2) is 24.3 Å². The minimum absolute atomic E-state index is 0.120. The van der Waals surface area contributed by atoms with Crippen molar-refractivity contribution in [3.63, 3.8) is 0 Å². The Morgan fingerprint density at radius 2 is 1.38 bits per heavy atom. The number of unbranched alkanes of at least 4 members (excludes halogenated alkanes) is 10. The lowest BCUT2D eigenvalue weighted by Gasteiger charge is -2.27. The Morgan fingerprint density at radius 3 is 1.85 bits per heavy atom. The van der Waals surface area contributed by atoms with Crippen LogP contribution < -0.4 is 16.0 Å². The summed E-state index contributed by atoms with van der Waals surface area (Å²) in [6.45, 7) is 2.23. The fourth-order valence-corrected chi connectivity index (χ4v) is 3.94. The van der Waals surface area contributed by atoms with E-state index in [1.807, 2.05) is 0 Å². The number of carboxylic acids is 1.